The number of benzene rings is 1. The number of β-amino-alcohol motifs (C(OH)–C–C–N with tert-alkyl or cyclic N) is 1. The predicted molar refractivity (Wildman–Crippen MR) is 148 cm³/mol. The summed E-state index contributed by atoms with van der Waals surface area (Å²) in [6.45, 7) is 11.8. The molecule has 10 heteroatoms. The van der Waals surface area contributed by atoms with Crippen LogP contribution < -0.4 is 10.6 Å². The molecule has 3 N–H and O–H groups in total. The highest BCUT2D eigenvalue weighted by molar-refractivity contribution is 7.13. The average Bonchev–Trinajstić information content (AvgIpc) is 3.41. The summed E-state index contributed by atoms with van der Waals surface area (Å²) in [5, 5.41) is 25.6. The number of amides is 3. The van der Waals surface area contributed by atoms with Gasteiger partial charge >= 0.3 is 0 Å². The Hall–Kier alpha value is -3.29. The molecule has 4 rings (SSSR count). The summed E-state index contributed by atoms with van der Waals surface area (Å²) in [6, 6.07) is 4.43. The number of carbonyl (C=O) groups is 3. The summed E-state index contributed by atoms with van der Waals surface area (Å²) in [6.07, 6.45) is 0.210. The van der Waals surface area contributed by atoms with Gasteiger partial charge in [-0.05, 0) is 67.3 Å². The van der Waals surface area contributed by atoms with Gasteiger partial charge in [0.05, 0.1) is 28.3 Å². The second-order valence-electron chi connectivity index (χ2n) is 11.9. The molecule has 1 aromatic heterocycles. The van der Waals surface area contributed by atoms with Crippen molar-refractivity contribution in [2.24, 2.45) is 10.8 Å². The molecule has 3 amide bonds. The van der Waals surface area contributed by atoms with E-state index in [1.54, 1.807) is 11.3 Å². The molecule has 1 aliphatic carbocycles. The lowest BCUT2D eigenvalue weighted by atomic mass is 9.85. The summed E-state index contributed by atoms with van der Waals surface area (Å²) in [5.74, 6) is -1.24. The van der Waals surface area contributed by atoms with Gasteiger partial charge in [0.2, 0.25) is 17.7 Å². The fourth-order valence-electron chi connectivity index (χ4n) is 5.08. The topological polar surface area (TPSA) is 135 Å². The highest BCUT2D eigenvalue weighted by Crippen LogP contribution is 2.45. The first-order valence-corrected chi connectivity index (χ1v) is 14.1. The van der Waals surface area contributed by atoms with Crippen LogP contribution in [0.4, 0.5) is 0 Å². The molecule has 2 aromatic rings. The normalized spacial score (nSPS) is 20.7. The number of aliphatic hydroxyl groups is 1. The number of rotatable bonds is 7. The van der Waals surface area contributed by atoms with Crippen LogP contribution >= 0.6 is 11.3 Å². The number of thiazole rings is 1. The lowest BCUT2D eigenvalue weighted by molar-refractivity contribution is -0.144. The molecule has 1 aliphatic heterocycles. The van der Waals surface area contributed by atoms with E-state index < -0.39 is 40.8 Å². The number of likely N-dealkylation sites (tertiary alicyclic amines) is 1. The number of aromatic nitrogens is 1. The third-order valence-corrected chi connectivity index (χ3v) is 8.74. The van der Waals surface area contributed by atoms with Crippen molar-refractivity contribution in [3.05, 3.63) is 40.0 Å². The second-order valence-corrected chi connectivity index (χ2v) is 12.8. The predicted octanol–water partition coefficient (Wildman–Crippen LogP) is 3.15. The monoisotopic (exact) mass is 551 g/mol. The van der Waals surface area contributed by atoms with Gasteiger partial charge in [-0.25, -0.2) is 4.98 Å². The van der Waals surface area contributed by atoms with E-state index in [-0.39, 0.29) is 25.4 Å². The number of nitrogens with zero attached hydrogens (tertiary/aromatic N) is 3. The highest BCUT2D eigenvalue weighted by Gasteiger charge is 2.53. The van der Waals surface area contributed by atoms with Gasteiger partial charge in [0.1, 0.15) is 17.5 Å². The first-order chi connectivity index (χ1) is 18.3. The first kappa shape index (κ1) is 28.7. The molecule has 0 spiro atoms. The van der Waals surface area contributed by atoms with Crippen molar-refractivity contribution in [1.29, 1.82) is 5.26 Å². The van der Waals surface area contributed by atoms with Crippen LogP contribution in [-0.4, -0.2) is 57.4 Å². The number of hydrogen-bond donors (Lipinski definition) is 3. The average molecular weight is 552 g/mol. The summed E-state index contributed by atoms with van der Waals surface area (Å²) in [5.41, 5.74) is 5.28. The SMILES string of the molecule is Cc1cc(-c2scnc2C)c(C)cc1CNC(=O)[C@@H]1C[C@@H](O)CN1C(=O)[C@@H](NC(=O)C1(C#N)CC1)C(C)(C)C. The van der Waals surface area contributed by atoms with E-state index in [4.69, 9.17) is 0 Å². The second kappa shape index (κ2) is 10.7. The van der Waals surface area contributed by atoms with Gasteiger partial charge in [-0.1, -0.05) is 26.8 Å². The minimum Gasteiger partial charge on any atom is -0.391 e. The van der Waals surface area contributed by atoms with E-state index in [1.807, 2.05) is 47.1 Å². The molecule has 2 aliphatic rings. The standard InChI is InChI=1S/C29H37N5O4S/c1-16-10-21(23-18(3)32-15-39-23)17(2)9-19(16)12-31-25(36)22-11-20(35)13-34(22)26(37)24(28(4,5)6)33-27(38)29(14-30)7-8-29/h9-10,15,20,22,24,35H,7-8,11-13H2,1-6H3,(H,31,36)(H,33,38)/t20-,22+,24-/m1/s1. The fourth-order valence-corrected chi connectivity index (χ4v) is 5.96. The van der Waals surface area contributed by atoms with Crippen LogP contribution in [0.2, 0.25) is 0 Å². The Morgan fingerprint density at radius 2 is 1.92 bits per heavy atom. The van der Waals surface area contributed by atoms with Crippen LogP contribution in [0.15, 0.2) is 17.6 Å². The summed E-state index contributed by atoms with van der Waals surface area (Å²) in [7, 11) is 0. The van der Waals surface area contributed by atoms with E-state index >= 15 is 0 Å². The highest BCUT2D eigenvalue weighted by atomic mass is 32.1. The number of aliphatic hydroxyl groups excluding tert-OH is 1. The van der Waals surface area contributed by atoms with Crippen LogP contribution in [-0.2, 0) is 20.9 Å². The van der Waals surface area contributed by atoms with Crippen LogP contribution in [0, 0.1) is 42.9 Å². The van der Waals surface area contributed by atoms with E-state index in [0.717, 1.165) is 32.8 Å². The molecule has 1 aromatic carbocycles. The zero-order valence-corrected chi connectivity index (χ0v) is 24.2. The van der Waals surface area contributed by atoms with Crippen LogP contribution in [0.3, 0.4) is 0 Å². The summed E-state index contributed by atoms with van der Waals surface area (Å²) >= 11 is 1.60. The van der Waals surface area contributed by atoms with Gasteiger partial charge in [-0.3, -0.25) is 14.4 Å². The molecule has 1 saturated carbocycles. The Kier molecular flexibility index (Phi) is 7.88. The van der Waals surface area contributed by atoms with Crippen molar-refractivity contribution >= 4 is 29.1 Å². The number of aryl methyl sites for hydroxylation is 3. The quantitative estimate of drug-likeness (QED) is 0.484. The van der Waals surface area contributed by atoms with E-state index in [2.05, 4.69) is 33.8 Å². The third kappa shape index (κ3) is 5.85. The molecular formula is C29H37N5O4S. The maximum Gasteiger partial charge on any atom is 0.246 e. The smallest absolute Gasteiger partial charge is 0.246 e. The Morgan fingerprint density at radius 1 is 1.23 bits per heavy atom. The van der Waals surface area contributed by atoms with E-state index in [9.17, 15) is 24.8 Å². The van der Waals surface area contributed by atoms with Crippen molar-refractivity contribution in [2.45, 2.75) is 85.5 Å². The molecule has 2 fully saturated rings. The molecule has 2 heterocycles. The zero-order valence-electron chi connectivity index (χ0n) is 23.4. The number of nitriles is 1. The Morgan fingerprint density at radius 3 is 2.49 bits per heavy atom. The van der Waals surface area contributed by atoms with Crippen molar-refractivity contribution in [3.8, 4) is 16.5 Å². The van der Waals surface area contributed by atoms with Crippen molar-refractivity contribution in [3.63, 3.8) is 0 Å². The van der Waals surface area contributed by atoms with Gasteiger partial charge < -0.3 is 20.6 Å². The minimum absolute atomic E-state index is 0.00377. The number of carbonyl (C=O) groups excluding carboxylic acids is 3. The lowest BCUT2D eigenvalue weighted by Crippen LogP contribution is -2.58. The molecule has 3 atom stereocenters. The molecular weight excluding hydrogens is 514 g/mol. The molecule has 9 nitrogen and oxygen atoms in total. The van der Waals surface area contributed by atoms with Crippen molar-refractivity contribution < 1.29 is 19.5 Å². The van der Waals surface area contributed by atoms with Gasteiger partial charge in [-0.2, -0.15) is 5.26 Å². The van der Waals surface area contributed by atoms with Crippen molar-refractivity contribution in [2.75, 3.05) is 6.54 Å². The lowest BCUT2D eigenvalue weighted by Gasteiger charge is -2.35. The minimum atomic E-state index is -1.07. The third-order valence-electron chi connectivity index (χ3n) is 7.78. The molecule has 0 bridgehead atoms. The first-order valence-electron chi connectivity index (χ1n) is 13.3. The van der Waals surface area contributed by atoms with Gasteiger partial charge in [0, 0.05) is 19.5 Å². The Bertz CT molecular complexity index is 1330. The van der Waals surface area contributed by atoms with Gasteiger partial charge in [-0.15, -0.1) is 11.3 Å². The van der Waals surface area contributed by atoms with Gasteiger partial charge in [0.25, 0.3) is 0 Å². The zero-order chi connectivity index (χ0) is 28.7. The van der Waals surface area contributed by atoms with E-state index in [0.29, 0.717) is 12.8 Å². The molecule has 208 valence electrons. The summed E-state index contributed by atoms with van der Waals surface area (Å²) in [4.78, 5) is 46.7. The molecule has 39 heavy (non-hydrogen) atoms. The molecule has 1 saturated heterocycles. The summed E-state index contributed by atoms with van der Waals surface area (Å²) < 4.78 is 0. The van der Waals surface area contributed by atoms with Crippen molar-refractivity contribution in [1.82, 2.24) is 20.5 Å². The van der Waals surface area contributed by atoms with Gasteiger partial charge in [0.15, 0.2) is 0 Å². The maximum absolute atomic E-state index is 13.7. The number of nitrogens with one attached hydrogen (secondary N) is 2. The molecule has 0 radical (unpaired) electrons. The molecule has 0 unspecified atom stereocenters. The van der Waals surface area contributed by atoms with Crippen LogP contribution in [0.5, 0.6) is 0 Å². The maximum atomic E-state index is 13.7. The Labute approximate surface area is 233 Å². The van der Waals surface area contributed by atoms with Crippen LogP contribution in [0.1, 0.15) is 62.4 Å². The largest absolute Gasteiger partial charge is 0.391 e. The fraction of sp³-hybridized carbons (Fsp3) is 0.552. The van der Waals surface area contributed by atoms with Crippen LogP contribution in [0.25, 0.3) is 10.4 Å². The number of hydrogen-bond acceptors (Lipinski definition) is 7. The van der Waals surface area contributed by atoms with E-state index in [1.165, 1.54) is 4.90 Å². The Balaban J connectivity index is 1.48.